The zero-order chi connectivity index (χ0) is 12.5. The lowest BCUT2D eigenvalue weighted by atomic mass is 10.2. The standard InChI is InChI=1S/C14H16ClN3/c1-10-13(15)3-2-4-14(10)18-9-11(8-17-18)7-16-12-5-6-12/h2-4,8-9,12,16H,5-7H2,1H3. The highest BCUT2D eigenvalue weighted by Crippen LogP contribution is 2.22. The lowest BCUT2D eigenvalue weighted by Crippen LogP contribution is -2.14. The Labute approximate surface area is 112 Å². The van der Waals surface area contributed by atoms with Crippen molar-refractivity contribution in [3.05, 3.63) is 46.7 Å². The van der Waals surface area contributed by atoms with E-state index in [0.717, 1.165) is 28.9 Å². The summed E-state index contributed by atoms with van der Waals surface area (Å²) in [6, 6.07) is 6.61. The molecule has 0 saturated heterocycles. The second-order valence-corrected chi connectivity index (χ2v) is 5.24. The van der Waals surface area contributed by atoms with Crippen LogP contribution in [0.1, 0.15) is 24.0 Å². The summed E-state index contributed by atoms with van der Waals surface area (Å²) in [6.45, 7) is 2.91. The highest BCUT2D eigenvalue weighted by molar-refractivity contribution is 6.31. The molecule has 0 aliphatic heterocycles. The Balaban J connectivity index is 1.80. The fourth-order valence-corrected chi connectivity index (χ4v) is 2.15. The van der Waals surface area contributed by atoms with Gasteiger partial charge in [-0.3, -0.25) is 0 Å². The molecule has 0 unspecified atom stereocenters. The molecule has 2 aromatic rings. The van der Waals surface area contributed by atoms with Crippen molar-refractivity contribution >= 4 is 11.6 Å². The molecule has 1 N–H and O–H groups in total. The van der Waals surface area contributed by atoms with Crippen LogP contribution in [0, 0.1) is 6.92 Å². The van der Waals surface area contributed by atoms with Gasteiger partial charge in [0.05, 0.1) is 11.9 Å². The van der Waals surface area contributed by atoms with Crippen molar-refractivity contribution in [3.8, 4) is 5.69 Å². The van der Waals surface area contributed by atoms with Crippen LogP contribution in [0.25, 0.3) is 5.69 Å². The molecule has 0 atom stereocenters. The third kappa shape index (κ3) is 2.42. The van der Waals surface area contributed by atoms with Gasteiger partial charge in [-0.1, -0.05) is 17.7 Å². The fourth-order valence-electron chi connectivity index (χ4n) is 1.98. The maximum atomic E-state index is 6.13. The van der Waals surface area contributed by atoms with Gasteiger partial charge in [0.15, 0.2) is 0 Å². The molecule has 1 aliphatic carbocycles. The predicted octanol–water partition coefficient (Wildman–Crippen LogP) is 3.09. The van der Waals surface area contributed by atoms with Crippen molar-refractivity contribution in [3.63, 3.8) is 0 Å². The van der Waals surface area contributed by atoms with Gasteiger partial charge in [-0.2, -0.15) is 5.10 Å². The van der Waals surface area contributed by atoms with Crippen molar-refractivity contribution < 1.29 is 0 Å². The number of aromatic nitrogens is 2. The molecule has 1 fully saturated rings. The van der Waals surface area contributed by atoms with Gasteiger partial charge in [0.2, 0.25) is 0 Å². The molecule has 18 heavy (non-hydrogen) atoms. The monoisotopic (exact) mass is 261 g/mol. The minimum Gasteiger partial charge on any atom is -0.310 e. The smallest absolute Gasteiger partial charge is 0.0689 e. The van der Waals surface area contributed by atoms with E-state index in [9.17, 15) is 0 Å². The number of halogens is 1. The Hall–Kier alpha value is -1.32. The summed E-state index contributed by atoms with van der Waals surface area (Å²) in [7, 11) is 0. The Kier molecular flexibility index (Phi) is 3.10. The van der Waals surface area contributed by atoms with Gasteiger partial charge < -0.3 is 5.32 Å². The molecule has 0 bridgehead atoms. The average molecular weight is 262 g/mol. The summed E-state index contributed by atoms with van der Waals surface area (Å²) >= 11 is 6.13. The Bertz CT molecular complexity index is 558. The van der Waals surface area contributed by atoms with Gasteiger partial charge in [0.25, 0.3) is 0 Å². The van der Waals surface area contributed by atoms with E-state index in [1.54, 1.807) is 0 Å². The SMILES string of the molecule is Cc1c(Cl)cccc1-n1cc(CNC2CC2)cn1. The van der Waals surface area contributed by atoms with Gasteiger partial charge in [0, 0.05) is 29.4 Å². The van der Waals surface area contributed by atoms with E-state index in [1.165, 1.54) is 18.4 Å². The van der Waals surface area contributed by atoms with Gasteiger partial charge in [-0.05, 0) is 37.5 Å². The first-order chi connectivity index (χ1) is 8.74. The largest absolute Gasteiger partial charge is 0.310 e. The molecule has 1 aromatic heterocycles. The van der Waals surface area contributed by atoms with E-state index in [0.29, 0.717) is 0 Å². The Morgan fingerprint density at radius 1 is 1.44 bits per heavy atom. The molecular formula is C14H16ClN3. The van der Waals surface area contributed by atoms with Crippen LogP contribution in [0.2, 0.25) is 5.02 Å². The zero-order valence-corrected chi connectivity index (χ0v) is 11.1. The van der Waals surface area contributed by atoms with Gasteiger partial charge in [0.1, 0.15) is 0 Å². The van der Waals surface area contributed by atoms with Gasteiger partial charge in [-0.15, -0.1) is 0 Å². The van der Waals surface area contributed by atoms with Crippen LogP contribution >= 0.6 is 11.6 Å². The summed E-state index contributed by atoms with van der Waals surface area (Å²) in [6.07, 6.45) is 6.59. The molecule has 1 aliphatic rings. The van der Waals surface area contributed by atoms with Crippen molar-refractivity contribution in [1.29, 1.82) is 0 Å². The van der Waals surface area contributed by atoms with E-state index in [2.05, 4.69) is 16.6 Å². The molecule has 0 spiro atoms. The number of benzene rings is 1. The first kappa shape index (κ1) is 11.8. The minimum absolute atomic E-state index is 0.723. The van der Waals surface area contributed by atoms with E-state index in [-0.39, 0.29) is 0 Å². The van der Waals surface area contributed by atoms with E-state index in [4.69, 9.17) is 11.6 Å². The van der Waals surface area contributed by atoms with E-state index in [1.807, 2.05) is 36.0 Å². The quantitative estimate of drug-likeness (QED) is 0.917. The second kappa shape index (κ2) is 4.75. The van der Waals surface area contributed by atoms with Crippen LogP contribution in [-0.2, 0) is 6.54 Å². The van der Waals surface area contributed by atoms with Crippen molar-refractivity contribution in [1.82, 2.24) is 15.1 Å². The van der Waals surface area contributed by atoms with Gasteiger partial charge in [-0.25, -0.2) is 4.68 Å². The second-order valence-electron chi connectivity index (χ2n) is 4.83. The first-order valence-corrected chi connectivity index (χ1v) is 6.64. The molecular weight excluding hydrogens is 246 g/mol. The zero-order valence-electron chi connectivity index (χ0n) is 10.4. The molecule has 1 heterocycles. The Morgan fingerprint density at radius 2 is 2.28 bits per heavy atom. The molecule has 3 rings (SSSR count). The number of nitrogens with zero attached hydrogens (tertiary/aromatic N) is 2. The maximum absolute atomic E-state index is 6.13. The topological polar surface area (TPSA) is 29.9 Å². The van der Waals surface area contributed by atoms with Crippen molar-refractivity contribution in [2.75, 3.05) is 0 Å². The van der Waals surface area contributed by atoms with E-state index >= 15 is 0 Å². The normalized spacial score (nSPS) is 15.0. The molecule has 0 amide bonds. The van der Waals surface area contributed by atoms with Crippen LogP contribution in [0.5, 0.6) is 0 Å². The predicted molar refractivity (Wildman–Crippen MR) is 73.2 cm³/mol. The van der Waals surface area contributed by atoms with Crippen molar-refractivity contribution in [2.45, 2.75) is 32.4 Å². The lowest BCUT2D eigenvalue weighted by molar-refractivity contribution is 0.687. The third-order valence-electron chi connectivity index (χ3n) is 3.29. The van der Waals surface area contributed by atoms with Crippen LogP contribution in [-0.4, -0.2) is 15.8 Å². The molecule has 94 valence electrons. The molecule has 4 heteroatoms. The maximum Gasteiger partial charge on any atom is 0.0689 e. The molecule has 1 saturated carbocycles. The number of rotatable bonds is 4. The summed E-state index contributed by atoms with van der Waals surface area (Å²) < 4.78 is 1.89. The number of nitrogens with one attached hydrogen (secondary N) is 1. The van der Waals surface area contributed by atoms with Crippen molar-refractivity contribution in [2.24, 2.45) is 0 Å². The van der Waals surface area contributed by atoms with Crippen LogP contribution in [0.3, 0.4) is 0 Å². The lowest BCUT2D eigenvalue weighted by Gasteiger charge is -2.06. The van der Waals surface area contributed by atoms with Crippen LogP contribution < -0.4 is 5.32 Å². The fraction of sp³-hybridized carbons (Fsp3) is 0.357. The molecule has 3 nitrogen and oxygen atoms in total. The summed E-state index contributed by atoms with van der Waals surface area (Å²) in [5.74, 6) is 0. The third-order valence-corrected chi connectivity index (χ3v) is 3.70. The highest BCUT2D eigenvalue weighted by atomic mass is 35.5. The van der Waals surface area contributed by atoms with E-state index < -0.39 is 0 Å². The van der Waals surface area contributed by atoms with Crippen LogP contribution in [0.4, 0.5) is 0 Å². The summed E-state index contributed by atoms with van der Waals surface area (Å²) in [5.41, 5.74) is 3.31. The number of hydrogen-bond acceptors (Lipinski definition) is 2. The highest BCUT2D eigenvalue weighted by Gasteiger charge is 2.20. The first-order valence-electron chi connectivity index (χ1n) is 6.26. The number of hydrogen-bond donors (Lipinski definition) is 1. The average Bonchev–Trinajstić information content (AvgIpc) is 3.08. The Morgan fingerprint density at radius 3 is 3.06 bits per heavy atom. The molecule has 1 aromatic carbocycles. The van der Waals surface area contributed by atoms with Crippen LogP contribution in [0.15, 0.2) is 30.6 Å². The molecule has 0 radical (unpaired) electrons. The summed E-state index contributed by atoms with van der Waals surface area (Å²) in [5, 5.41) is 8.67. The van der Waals surface area contributed by atoms with Gasteiger partial charge >= 0.3 is 0 Å². The minimum atomic E-state index is 0.723. The summed E-state index contributed by atoms with van der Waals surface area (Å²) in [4.78, 5) is 0.